The number of amides is 1. The Kier molecular flexibility index (Phi) is 7.73. The summed E-state index contributed by atoms with van der Waals surface area (Å²) < 4.78 is 22.8. The molecule has 1 amide bonds. The molecule has 2 aromatic rings. The molecule has 1 saturated heterocycles. The lowest BCUT2D eigenvalue weighted by Gasteiger charge is -2.36. The zero-order valence-corrected chi connectivity index (χ0v) is 19.8. The molecule has 0 unspecified atom stereocenters. The van der Waals surface area contributed by atoms with Crippen molar-refractivity contribution >= 4 is 5.91 Å². The fourth-order valence-corrected chi connectivity index (χ4v) is 4.35. The third-order valence-electron chi connectivity index (χ3n) is 5.89. The van der Waals surface area contributed by atoms with Gasteiger partial charge < -0.3 is 23.8 Å². The predicted octanol–water partition coefficient (Wildman–Crippen LogP) is 3.35. The highest BCUT2D eigenvalue weighted by molar-refractivity contribution is 5.81. The maximum absolute atomic E-state index is 13.5. The van der Waals surface area contributed by atoms with Crippen molar-refractivity contribution < 1.29 is 23.7 Å². The molecule has 0 bridgehead atoms. The van der Waals surface area contributed by atoms with Crippen molar-refractivity contribution in [3.8, 4) is 17.2 Å². The second-order valence-corrected chi connectivity index (χ2v) is 9.00. The highest BCUT2D eigenvalue weighted by atomic mass is 16.6. The summed E-state index contributed by atoms with van der Waals surface area (Å²) in [5.74, 6) is 2.75. The van der Waals surface area contributed by atoms with Crippen LogP contribution in [0, 0.1) is 5.92 Å². The van der Waals surface area contributed by atoms with Gasteiger partial charge in [-0.3, -0.25) is 9.69 Å². The second kappa shape index (κ2) is 10.9. The highest BCUT2D eigenvalue weighted by Crippen LogP contribution is 2.31. The normalized spacial score (nSPS) is 18.2. The van der Waals surface area contributed by atoms with Crippen molar-refractivity contribution in [1.82, 2.24) is 9.80 Å². The van der Waals surface area contributed by atoms with Gasteiger partial charge in [-0.05, 0) is 29.7 Å². The van der Waals surface area contributed by atoms with Crippen LogP contribution < -0.4 is 14.2 Å². The average Bonchev–Trinajstić information content (AvgIpc) is 2.83. The van der Waals surface area contributed by atoms with Gasteiger partial charge in [0.1, 0.15) is 25.1 Å². The minimum absolute atomic E-state index is 0.0308. The molecule has 1 atom stereocenters. The molecule has 2 heterocycles. The number of nitrogens with zero attached hydrogens (tertiary/aromatic N) is 2. The average molecular weight is 455 g/mol. The molecule has 0 radical (unpaired) electrons. The van der Waals surface area contributed by atoms with E-state index in [2.05, 4.69) is 24.8 Å². The minimum Gasteiger partial charge on any atom is -0.496 e. The van der Waals surface area contributed by atoms with Crippen LogP contribution in [0.1, 0.15) is 25.0 Å². The fraction of sp³-hybridized carbons (Fsp3) is 0.500. The monoisotopic (exact) mass is 454 g/mol. The topological polar surface area (TPSA) is 60.5 Å². The van der Waals surface area contributed by atoms with Crippen molar-refractivity contribution in [1.29, 1.82) is 0 Å². The van der Waals surface area contributed by atoms with E-state index in [0.717, 1.165) is 41.5 Å². The highest BCUT2D eigenvalue weighted by Gasteiger charge is 2.31. The Labute approximate surface area is 196 Å². The maximum atomic E-state index is 13.5. The lowest BCUT2D eigenvalue weighted by Crippen LogP contribution is -2.51. The van der Waals surface area contributed by atoms with Gasteiger partial charge in [-0.25, -0.2) is 0 Å². The van der Waals surface area contributed by atoms with Crippen LogP contribution in [0.2, 0.25) is 0 Å². The standard InChI is InChI=1S/C26H34N2O5/c1-19(2)15-28(16-20-8-9-23-24(14-20)33-13-12-32-23)26(29)25-18-27(10-11-31-25)17-21-6-4-5-7-22(21)30-3/h4-9,14,19,25H,10-13,15-18H2,1-3H3/t25-/m0/s1. The van der Waals surface area contributed by atoms with E-state index in [1.54, 1.807) is 7.11 Å². The molecule has 0 N–H and O–H groups in total. The summed E-state index contributed by atoms with van der Waals surface area (Å²) >= 11 is 0. The number of carbonyl (C=O) groups is 1. The quantitative estimate of drug-likeness (QED) is 0.610. The Morgan fingerprint density at radius 1 is 1.12 bits per heavy atom. The molecule has 2 aliphatic rings. The minimum atomic E-state index is -0.482. The maximum Gasteiger partial charge on any atom is 0.253 e. The SMILES string of the molecule is COc1ccccc1CN1CCO[C@H](C(=O)N(Cc2ccc3c(c2)OCCO3)CC(C)C)C1. The van der Waals surface area contributed by atoms with Gasteiger partial charge in [0, 0.05) is 38.3 Å². The third kappa shape index (κ3) is 5.97. The van der Waals surface area contributed by atoms with Gasteiger partial charge in [-0.2, -0.15) is 0 Å². The predicted molar refractivity (Wildman–Crippen MR) is 126 cm³/mol. The van der Waals surface area contributed by atoms with E-state index < -0.39 is 6.10 Å². The van der Waals surface area contributed by atoms with Crippen LogP contribution >= 0.6 is 0 Å². The molecule has 0 spiro atoms. The molecule has 2 aromatic carbocycles. The number of benzene rings is 2. The summed E-state index contributed by atoms with van der Waals surface area (Å²) in [6, 6.07) is 13.9. The van der Waals surface area contributed by atoms with Gasteiger partial charge in [-0.1, -0.05) is 38.1 Å². The zero-order valence-electron chi connectivity index (χ0n) is 19.8. The Hall–Kier alpha value is -2.77. The molecular weight excluding hydrogens is 420 g/mol. The van der Waals surface area contributed by atoms with Crippen LogP contribution in [0.4, 0.5) is 0 Å². The molecule has 0 saturated carbocycles. The smallest absolute Gasteiger partial charge is 0.253 e. The second-order valence-electron chi connectivity index (χ2n) is 9.00. The van der Waals surface area contributed by atoms with Crippen LogP contribution in [-0.4, -0.2) is 68.4 Å². The van der Waals surface area contributed by atoms with Crippen LogP contribution in [0.3, 0.4) is 0 Å². The molecule has 4 rings (SSSR count). The summed E-state index contributed by atoms with van der Waals surface area (Å²) in [5, 5.41) is 0. The number of hydrogen-bond donors (Lipinski definition) is 0. The first kappa shape index (κ1) is 23.4. The Morgan fingerprint density at radius 2 is 1.91 bits per heavy atom. The van der Waals surface area contributed by atoms with Crippen molar-refractivity contribution in [2.75, 3.05) is 46.6 Å². The van der Waals surface area contributed by atoms with Crippen molar-refractivity contribution in [3.05, 3.63) is 53.6 Å². The number of ether oxygens (including phenoxy) is 4. The van der Waals surface area contributed by atoms with Gasteiger partial charge >= 0.3 is 0 Å². The molecule has 1 fully saturated rings. The number of para-hydroxylation sites is 1. The van der Waals surface area contributed by atoms with Gasteiger partial charge in [0.05, 0.1) is 13.7 Å². The zero-order chi connectivity index (χ0) is 23.2. The molecular formula is C26H34N2O5. The van der Waals surface area contributed by atoms with Gasteiger partial charge in [0.2, 0.25) is 0 Å². The van der Waals surface area contributed by atoms with Crippen molar-refractivity contribution in [2.24, 2.45) is 5.92 Å². The Morgan fingerprint density at radius 3 is 2.70 bits per heavy atom. The van der Waals surface area contributed by atoms with E-state index in [0.29, 0.717) is 45.4 Å². The van der Waals surface area contributed by atoms with Crippen molar-refractivity contribution in [2.45, 2.75) is 33.0 Å². The largest absolute Gasteiger partial charge is 0.496 e. The van der Waals surface area contributed by atoms with E-state index >= 15 is 0 Å². The first-order valence-electron chi connectivity index (χ1n) is 11.7. The summed E-state index contributed by atoms with van der Waals surface area (Å²) in [5.41, 5.74) is 2.14. The number of carbonyl (C=O) groups excluding carboxylic acids is 1. The molecule has 33 heavy (non-hydrogen) atoms. The summed E-state index contributed by atoms with van der Waals surface area (Å²) in [7, 11) is 1.69. The van der Waals surface area contributed by atoms with Crippen molar-refractivity contribution in [3.63, 3.8) is 0 Å². The first-order chi connectivity index (χ1) is 16.0. The summed E-state index contributed by atoms with van der Waals surface area (Å²) in [6.45, 7) is 9.15. The number of hydrogen-bond acceptors (Lipinski definition) is 6. The number of fused-ring (bicyclic) bond motifs is 1. The molecule has 2 aliphatic heterocycles. The number of methoxy groups -OCH3 is 1. The van der Waals surface area contributed by atoms with Crippen LogP contribution in [-0.2, 0) is 22.6 Å². The van der Waals surface area contributed by atoms with E-state index in [-0.39, 0.29) is 5.91 Å². The molecule has 7 heteroatoms. The number of rotatable bonds is 8. The molecule has 0 aromatic heterocycles. The van der Waals surface area contributed by atoms with E-state index in [9.17, 15) is 4.79 Å². The Bertz CT molecular complexity index is 948. The fourth-order valence-electron chi connectivity index (χ4n) is 4.35. The molecule has 178 valence electrons. The van der Waals surface area contributed by atoms with Crippen LogP contribution in [0.5, 0.6) is 17.2 Å². The number of morpholine rings is 1. The van der Waals surface area contributed by atoms with E-state index in [1.807, 2.05) is 41.3 Å². The summed E-state index contributed by atoms with van der Waals surface area (Å²) in [6.07, 6.45) is -0.482. The van der Waals surface area contributed by atoms with E-state index in [4.69, 9.17) is 18.9 Å². The van der Waals surface area contributed by atoms with Crippen LogP contribution in [0.15, 0.2) is 42.5 Å². The van der Waals surface area contributed by atoms with E-state index in [1.165, 1.54) is 0 Å². The van der Waals surface area contributed by atoms with Gasteiger partial charge in [0.25, 0.3) is 5.91 Å². The Balaban J connectivity index is 1.44. The van der Waals surface area contributed by atoms with Gasteiger partial charge in [-0.15, -0.1) is 0 Å². The lowest BCUT2D eigenvalue weighted by molar-refractivity contribution is -0.151. The molecule has 7 nitrogen and oxygen atoms in total. The van der Waals surface area contributed by atoms with Gasteiger partial charge in [0.15, 0.2) is 11.5 Å². The van der Waals surface area contributed by atoms with Crippen LogP contribution in [0.25, 0.3) is 0 Å². The third-order valence-corrected chi connectivity index (χ3v) is 5.89. The first-order valence-corrected chi connectivity index (χ1v) is 11.7. The summed E-state index contributed by atoms with van der Waals surface area (Å²) in [4.78, 5) is 17.7. The molecule has 0 aliphatic carbocycles. The lowest BCUT2D eigenvalue weighted by atomic mass is 10.1.